The average Bonchev–Trinajstić information content (AvgIpc) is 2.65. The van der Waals surface area contributed by atoms with Crippen LogP contribution in [0.15, 0.2) is 42.5 Å². The zero-order valence-electron chi connectivity index (χ0n) is 16.2. The van der Waals surface area contributed by atoms with Crippen LogP contribution in [-0.4, -0.2) is 37.3 Å². The molecule has 0 bridgehead atoms. The zero-order chi connectivity index (χ0) is 20.7. The molecule has 1 amide bonds. The summed E-state index contributed by atoms with van der Waals surface area (Å²) in [5, 5.41) is 12.0. The largest absolute Gasteiger partial charge is 0.493 e. The van der Waals surface area contributed by atoms with E-state index < -0.39 is 11.9 Å². The normalized spacial score (nSPS) is 10.8. The molecule has 0 radical (unpaired) electrons. The number of hydrogen-bond acceptors (Lipinski definition) is 5. The van der Waals surface area contributed by atoms with Gasteiger partial charge in [-0.1, -0.05) is 12.1 Å². The van der Waals surface area contributed by atoms with Crippen LogP contribution in [0.25, 0.3) is 6.08 Å². The first kappa shape index (κ1) is 20.8. The molecule has 0 fully saturated rings. The summed E-state index contributed by atoms with van der Waals surface area (Å²) in [5.74, 6) is -0.407. The van der Waals surface area contributed by atoms with E-state index in [2.05, 4.69) is 5.32 Å². The molecule has 0 saturated carbocycles. The predicted octanol–water partition coefficient (Wildman–Crippen LogP) is 3.84. The summed E-state index contributed by atoms with van der Waals surface area (Å²) in [6.45, 7) is 3.86. The van der Waals surface area contributed by atoms with E-state index in [0.717, 1.165) is 5.56 Å². The van der Waals surface area contributed by atoms with Crippen molar-refractivity contribution in [1.29, 1.82) is 0 Å². The molecular weight excluding hydrogens is 362 g/mol. The Balaban J connectivity index is 2.20. The van der Waals surface area contributed by atoms with Crippen LogP contribution in [0.2, 0.25) is 0 Å². The van der Waals surface area contributed by atoms with Crippen molar-refractivity contribution in [3.05, 3.63) is 53.6 Å². The van der Waals surface area contributed by atoms with Gasteiger partial charge in [-0.05, 0) is 37.6 Å². The lowest BCUT2D eigenvalue weighted by Gasteiger charge is -2.13. The summed E-state index contributed by atoms with van der Waals surface area (Å²) in [7, 11) is 2.83. The van der Waals surface area contributed by atoms with Crippen molar-refractivity contribution in [2.45, 2.75) is 20.0 Å². The van der Waals surface area contributed by atoms with Crippen LogP contribution in [-0.2, 0) is 4.79 Å². The van der Waals surface area contributed by atoms with Crippen LogP contribution in [0.1, 0.15) is 29.8 Å². The van der Waals surface area contributed by atoms with Crippen LogP contribution in [0.3, 0.4) is 0 Å². The highest BCUT2D eigenvalue weighted by molar-refractivity contribution is 6.06. The van der Waals surface area contributed by atoms with Crippen LogP contribution in [0, 0.1) is 0 Å². The van der Waals surface area contributed by atoms with Gasteiger partial charge in [0.25, 0.3) is 0 Å². The van der Waals surface area contributed by atoms with E-state index in [1.807, 2.05) is 38.1 Å². The van der Waals surface area contributed by atoms with Crippen molar-refractivity contribution in [2.24, 2.45) is 0 Å². The van der Waals surface area contributed by atoms with Gasteiger partial charge in [0.2, 0.25) is 5.91 Å². The molecule has 2 rings (SSSR count). The Morgan fingerprint density at radius 1 is 1.07 bits per heavy atom. The molecule has 0 spiro atoms. The third kappa shape index (κ3) is 5.51. The SMILES string of the molecule is COc1cc(NC(=O)/C=C/c2cccc(OC(C)C)c2)c(C(=O)O)cc1OC. The minimum atomic E-state index is -1.20. The Kier molecular flexibility index (Phi) is 7.03. The van der Waals surface area contributed by atoms with Crippen molar-refractivity contribution in [2.75, 3.05) is 19.5 Å². The fraction of sp³-hybridized carbons (Fsp3) is 0.238. The molecule has 0 aliphatic carbocycles. The molecule has 148 valence electrons. The minimum Gasteiger partial charge on any atom is -0.493 e. The van der Waals surface area contributed by atoms with E-state index in [4.69, 9.17) is 14.2 Å². The predicted molar refractivity (Wildman–Crippen MR) is 106 cm³/mol. The maximum atomic E-state index is 12.3. The van der Waals surface area contributed by atoms with Crippen LogP contribution in [0.5, 0.6) is 17.2 Å². The van der Waals surface area contributed by atoms with Crippen molar-refractivity contribution in [3.8, 4) is 17.2 Å². The molecule has 2 N–H and O–H groups in total. The summed E-state index contributed by atoms with van der Waals surface area (Å²) in [6.07, 6.45) is 2.97. The highest BCUT2D eigenvalue weighted by Crippen LogP contribution is 2.33. The number of carbonyl (C=O) groups excluding carboxylic acids is 1. The second kappa shape index (κ2) is 9.45. The van der Waals surface area contributed by atoms with E-state index in [1.165, 1.54) is 32.4 Å². The van der Waals surface area contributed by atoms with Gasteiger partial charge in [-0.15, -0.1) is 0 Å². The monoisotopic (exact) mass is 385 g/mol. The lowest BCUT2D eigenvalue weighted by molar-refractivity contribution is -0.111. The van der Waals surface area contributed by atoms with Crippen molar-refractivity contribution < 1.29 is 28.9 Å². The Morgan fingerprint density at radius 3 is 2.36 bits per heavy atom. The van der Waals surface area contributed by atoms with Crippen molar-refractivity contribution in [3.63, 3.8) is 0 Å². The van der Waals surface area contributed by atoms with E-state index in [1.54, 1.807) is 6.08 Å². The lowest BCUT2D eigenvalue weighted by Crippen LogP contribution is -2.12. The van der Waals surface area contributed by atoms with Gasteiger partial charge >= 0.3 is 5.97 Å². The molecule has 0 unspecified atom stereocenters. The van der Waals surface area contributed by atoms with E-state index in [-0.39, 0.29) is 23.1 Å². The highest BCUT2D eigenvalue weighted by atomic mass is 16.5. The number of amides is 1. The van der Waals surface area contributed by atoms with Crippen molar-refractivity contribution in [1.82, 2.24) is 0 Å². The number of carbonyl (C=O) groups is 2. The van der Waals surface area contributed by atoms with Crippen LogP contribution >= 0.6 is 0 Å². The molecule has 0 heterocycles. The molecule has 2 aromatic carbocycles. The Hall–Kier alpha value is -3.48. The first-order valence-corrected chi connectivity index (χ1v) is 8.59. The van der Waals surface area contributed by atoms with Crippen LogP contribution < -0.4 is 19.5 Å². The number of anilines is 1. The standard InChI is InChI=1S/C21H23NO6/c1-13(2)28-15-7-5-6-14(10-15)8-9-20(23)22-17-12-19(27-4)18(26-3)11-16(17)21(24)25/h5-13H,1-4H3,(H,22,23)(H,24,25)/b9-8+. The molecular formula is C21H23NO6. The molecule has 2 aromatic rings. The number of hydrogen-bond donors (Lipinski definition) is 2. The van der Waals surface area contributed by atoms with Crippen molar-refractivity contribution >= 4 is 23.6 Å². The number of carboxylic acid groups (broad SMARTS) is 1. The molecule has 28 heavy (non-hydrogen) atoms. The number of aromatic carboxylic acids is 1. The minimum absolute atomic E-state index is 0.0435. The van der Waals surface area contributed by atoms with E-state index in [0.29, 0.717) is 11.5 Å². The number of nitrogens with one attached hydrogen (secondary N) is 1. The number of carboxylic acids is 1. The third-order valence-corrected chi connectivity index (χ3v) is 3.67. The number of ether oxygens (including phenoxy) is 3. The summed E-state index contributed by atoms with van der Waals surface area (Å²) < 4.78 is 15.9. The van der Waals surface area contributed by atoms with E-state index in [9.17, 15) is 14.7 Å². The maximum absolute atomic E-state index is 12.3. The Labute approximate surface area is 163 Å². The Morgan fingerprint density at radius 2 is 1.75 bits per heavy atom. The number of benzene rings is 2. The molecule has 0 aromatic heterocycles. The summed E-state index contributed by atoms with van der Waals surface area (Å²) in [4.78, 5) is 23.8. The van der Waals surface area contributed by atoms with E-state index >= 15 is 0 Å². The zero-order valence-corrected chi connectivity index (χ0v) is 16.2. The average molecular weight is 385 g/mol. The quantitative estimate of drug-likeness (QED) is 0.671. The summed E-state index contributed by atoms with van der Waals surface area (Å²) >= 11 is 0. The molecule has 7 nitrogen and oxygen atoms in total. The second-order valence-corrected chi connectivity index (χ2v) is 6.12. The fourth-order valence-corrected chi connectivity index (χ4v) is 2.47. The maximum Gasteiger partial charge on any atom is 0.337 e. The Bertz CT molecular complexity index is 888. The highest BCUT2D eigenvalue weighted by Gasteiger charge is 2.17. The van der Waals surface area contributed by atoms with Gasteiger partial charge in [0, 0.05) is 18.2 Å². The lowest BCUT2D eigenvalue weighted by atomic mass is 10.1. The molecule has 0 aliphatic rings. The molecule has 0 atom stereocenters. The van der Waals surface area contributed by atoms with Gasteiger partial charge in [-0.3, -0.25) is 4.79 Å². The molecule has 7 heteroatoms. The second-order valence-electron chi connectivity index (χ2n) is 6.12. The van der Waals surface area contributed by atoms with Gasteiger partial charge in [-0.2, -0.15) is 0 Å². The topological polar surface area (TPSA) is 94.1 Å². The van der Waals surface area contributed by atoms with Gasteiger partial charge in [0.1, 0.15) is 5.75 Å². The van der Waals surface area contributed by atoms with Gasteiger partial charge in [0.05, 0.1) is 31.6 Å². The van der Waals surface area contributed by atoms with Gasteiger partial charge < -0.3 is 24.6 Å². The van der Waals surface area contributed by atoms with Gasteiger partial charge in [-0.25, -0.2) is 4.79 Å². The smallest absolute Gasteiger partial charge is 0.337 e. The van der Waals surface area contributed by atoms with Gasteiger partial charge in [0.15, 0.2) is 11.5 Å². The number of rotatable bonds is 8. The summed E-state index contributed by atoms with van der Waals surface area (Å²) in [5.41, 5.74) is 0.780. The molecule has 0 saturated heterocycles. The number of methoxy groups -OCH3 is 2. The van der Waals surface area contributed by atoms with Crippen LogP contribution in [0.4, 0.5) is 5.69 Å². The third-order valence-electron chi connectivity index (χ3n) is 3.67. The summed E-state index contributed by atoms with van der Waals surface area (Å²) in [6, 6.07) is 10.0. The first-order valence-electron chi connectivity index (χ1n) is 8.59. The fourth-order valence-electron chi connectivity index (χ4n) is 2.47. The molecule has 0 aliphatic heterocycles. The first-order chi connectivity index (χ1) is 13.3.